The Bertz CT molecular complexity index is 541. The molecule has 0 spiro atoms. The molecular formula is C17H25NS. The largest absolute Gasteiger partial charge is 0.307 e. The second-order valence-electron chi connectivity index (χ2n) is 6.01. The Morgan fingerprint density at radius 1 is 1.11 bits per heavy atom. The maximum absolute atomic E-state index is 3.74. The monoisotopic (exact) mass is 275 g/mol. The van der Waals surface area contributed by atoms with Crippen LogP contribution in [0.1, 0.15) is 50.6 Å². The second kappa shape index (κ2) is 6.06. The Hall–Kier alpha value is -0.860. The summed E-state index contributed by atoms with van der Waals surface area (Å²) in [5.74, 6) is 0.748. The van der Waals surface area contributed by atoms with E-state index in [1.54, 1.807) is 0 Å². The zero-order valence-corrected chi connectivity index (χ0v) is 13.5. The fourth-order valence-electron chi connectivity index (χ4n) is 2.88. The highest BCUT2D eigenvalue weighted by Crippen LogP contribution is 2.34. The first-order valence-electron chi connectivity index (χ1n) is 7.23. The van der Waals surface area contributed by atoms with Crippen LogP contribution in [0.5, 0.6) is 0 Å². The van der Waals surface area contributed by atoms with Gasteiger partial charge in [-0.05, 0) is 50.1 Å². The van der Waals surface area contributed by atoms with Crippen LogP contribution in [0.25, 0.3) is 10.1 Å². The average molecular weight is 275 g/mol. The van der Waals surface area contributed by atoms with Crippen molar-refractivity contribution >= 4 is 21.4 Å². The number of fused-ring (bicyclic) bond motifs is 1. The van der Waals surface area contributed by atoms with Crippen LogP contribution in [-0.4, -0.2) is 6.04 Å². The van der Waals surface area contributed by atoms with Crippen LogP contribution in [0.15, 0.2) is 24.3 Å². The van der Waals surface area contributed by atoms with Crippen molar-refractivity contribution in [2.45, 2.75) is 53.1 Å². The topological polar surface area (TPSA) is 12.0 Å². The maximum atomic E-state index is 3.74. The zero-order valence-electron chi connectivity index (χ0n) is 12.7. The summed E-state index contributed by atoms with van der Waals surface area (Å²) in [5, 5.41) is 5.15. The third-order valence-electron chi connectivity index (χ3n) is 3.63. The number of rotatable bonds is 5. The molecule has 0 saturated heterocycles. The molecule has 0 aliphatic rings. The molecule has 0 aliphatic carbocycles. The van der Waals surface area contributed by atoms with Gasteiger partial charge in [0.2, 0.25) is 0 Å². The first-order chi connectivity index (χ1) is 8.99. The molecule has 2 atom stereocenters. The minimum Gasteiger partial charge on any atom is -0.307 e. The van der Waals surface area contributed by atoms with Crippen molar-refractivity contribution in [1.82, 2.24) is 5.32 Å². The summed E-state index contributed by atoms with van der Waals surface area (Å²) < 4.78 is 1.40. The van der Waals surface area contributed by atoms with Gasteiger partial charge in [-0.2, -0.15) is 0 Å². The standard InChI is InChI=1S/C17H25NS/c1-11(2)10-12(3)18-14(5)17-13(4)15-8-6-7-9-16(15)19-17/h6-9,11-12,14,18H,10H2,1-5H3. The molecule has 0 amide bonds. The van der Waals surface area contributed by atoms with Crippen LogP contribution in [0.3, 0.4) is 0 Å². The molecule has 0 fully saturated rings. The van der Waals surface area contributed by atoms with Gasteiger partial charge in [0.25, 0.3) is 0 Å². The Balaban J connectivity index is 2.17. The highest BCUT2D eigenvalue weighted by Gasteiger charge is 2.16. The SMILES string of the molecule is Cc1c(C(C)NC(C)CC(C)C)sc2ccccc12. The molecule has 1 nitrogen and oxygen atoms in total. The maximum Gasteiger partial charge on any atom is 0.0391 e. The van der Waals surface area contributed by atoms with Gasteiger partial charge in [0.05, 0.1) is 0 Å². The molecule has 2 heteroatoms. The third-order valence-corrected chi connectivity index (χ3v) is 5.09. The molecule has 2 unspecified atom stereocenters. The number of hydrogen-bond donors (Lipinski definition) is 1. The molecule has 1 heterocycles. The lowest BCUT2D eigenvalue weighted by Gasteiger charge is -2.21. The van der Waals surface area contributed by atoms with Gasteiger partial charge >= 0.3 is 0 Å². The normalized spacial score (nSPS) is 15.1. The molecule has 2 rings (SSSR count). The third kappa shape index (κ3) is 3.37. The van der Waals surface area contributed by atoms with Crippen molar-refractivity contribution < 1.29 is 0 Å². The van der Waals surface area contributed by atoms with Gasteiger partial charge in [-0.15, -0.1) is 11.3 Å². The Labute approximate surface area is 121 Å². The van der Waals surface area contributed by atoms with Gasteiger partial charge in [0.15, 0.2) is 0 Å². The lowest BCUT2D eigenvalue weighted by atomic mass is 10.0. The highest BCUT2D eigenvalue weighted by molar-refractivity contribution is 7.19. The first-order valence-corrected chi connectivity index (χ1v) is 8.04. The van der Waals surface area contributed by atoms with E-state index < -0.39 is 0 Å². The van der Waals surface area contributed by atoms with Crippen molar-refractivity contribution in [3.05, 3.63) is 34.7 Å². The molecule has 104 valence electrons. The molecule has 0 bridgehead atoms. The van der Waals surface area contributed by atoms with Crippen molar-refractivity contribution in [3.63, 3.8) is 0 Å². The van der Waals surface area contributed by atoms with E-state index in [0.717, 1.165) is 5.92 Å². The van der Waals surface area contributed by atoms with E-state index in [9.17, 15) is 0 Å². The molecule has 0 aliphatic heterocycles. The summed E-state index contributed by atoms with van der Waals surface area (Å²) in [6, 6.07) is 9.72. The van der Waals surface area contributed by atoms with Crippen molar-refractivity contribution in [3.8, 4) is 0 Å². The smallest absolute Gasteiger partial charge is 0.0391 e. The minimum atomic E-state index is 0.436. The molecular weight excluding hydrogens is 250 g/mol. The summed E-state index contributed by atoms with van der Waals surface area (Å²) in [4.78, 5) is 1.48. The van der Waals surface area contributed by atoms with E-state index in [1.807, 2.05) is 11.3 Å². The van der Waals surface area contributed by atoms with Crippen molar-refractivity contribution in [2.24, 2.45) is 5.92 Å². The van der Waals surface area contributed by atoms with Crippen LogP contribution in [0.4, 0.5) is 0 Å². The predicted octanol–water partition coefficient (Wildman–Crippen LogP) is 5.29. The van der Waals surface area contributed by atoms with Crippen molar-refractivity contribution in [1.29, 1.82) is 0 Å². The fourth-order valence-corrected chi connectivity index (χ4v) is 4.11. The lowest BCUT2D eigenvalue weighted by Crippen LogP contribution is -2.29. The Morgan fingerprint density at radius 2 is 1.79 bits per heavy atom. The summed E-state index contributed by atoms with van der Waals surface area (Å²) in [7, 11) is 0. The number of hydrogen-bond acceptors (Lipinski definition) is 2. The molecule has 0 radical (unpaired) electrons. The van der Waals surface area contributed by atoms with Gasteiger partial charge in [-0.3, -0.25) is 0 Å². The van der Waals surface area contributed by atoms with E-state index in [4.69, 9.17) is 0 Å². The van der Waals surface area contributed by atoms with E-state index in [2.05, 4.69) is 64.2 Å². The zero-order chi connectivity index (χ0) is 14.0. The summed E-state index contributed by atoms with van der Waals surface area (Å²) >= 11 is 1.93. The van der Waals surface area contributed by atoms with E-state index in [1.165, 1.54) is 26.9 Å². The molecule has 1 aromatic carbocycles. The Kier molecular flexibility index (Phi) is 4.64. The highest BCUT2D eigenvalue weighted by atomic mass is 32.1. The van der Waals surface area contributed by atoms with Gasteiger partial charge in [-0.1, -0.05) is 32.0 Å². The van der Waals surface area contributed by atoms with Gasteiger partial charge in [0.1, 0.15) is 0 Å². The van der Waals surface area contributed by atoms with Gasteiger partial charge in [-0.25, -0.2) is 0 Å². The van der Waals surface area contributed by atoms with Crippen LogP contribution in [0, 0.1) is 12.8 Å². The summed E-state index contributed by atoms with van der Waals surface area (Å²) in [6.45, 7) is 11.4. The van der Waals surface area contributed by atoms with Crippen LogP contribution in [-0.2, 0) is 0 Å². The molecule has 0 saturated carbocycles. The second-order valence-corrected chi connectivity index (χ2v) is 7.09. The molecule has 2 aromatic rings. The van der Waals surface area contributed by atoms with E-state index >= 15 is 0 Å². The van der Waals surface area contributed by atoms with Crippen molar-refractivity contribution in [2.75, 3.05) is 0 Å². The van der Waals surface area contributed by atoms with E-state index in [-0.39, 0.29) is 0 Å². The predicted molar refractivity (Wildman–Crippen MR) is 87.0 cm³/mol. The van der Waals surface area contributed by atoms with Gasteiger partial charge < -0.3 is 5.32 Å². The van der Waals surface area contributed by atoms with Crippen LogP contribution < -0.4 is 5.32 Å². The number of aryl methyl sites for hydroxylation is 1. The fraction of sp³-hybridized carbons (Fsp3) is 0.529. The minimum absolute atomic E-state index is 0.436. The molecule has 1 N–H and O–H groups in total. The number of nitrogens with one attached hydrogen (secondary N) is 1. The lowest BCUT2D eigenvalue weighted by molar-refractivity contribution is 0.409. The summed E-state index contributed by atoms with van der Waals surface area (Å²) in [5.41, 5.74) is 1.44. The van der Waals surface area contributed by atoms with Gasteiger partial charge in [0, 0.05) is 21.7 Å². The average Bonchev–Trinajstić information content (AvgIpc) is 2.66. The molecule has 19 heavy (non-hydrogen) atoms. The van der Waals surface area contributed by atoms with Crippen LogP contribution >= 0.6 is 11.3 Å². The van der Waals surface area contributed by atoms with Crippen LogP contribution in [0.2, 0.25) is 0 Å². The molecule has 1 aromatic heterocycles. The number of benzene rings is 1. The Morgan fingerprint density at radius 3 is 2.42 bits per heavy atom. The first kappa shape index (κ1) is 14.5. The summed E-state index contributed by atoms with van der Waals surface area (Å²) in [6.07, 6.45) is 1.23. The quantitative estimate of drug-likeness (QED) is 0.781. The number of thiophene rings is 1. The van der Waals surface area contributed by atoms with E-state index in [0.29, 0.717) is 12.1 Å².